The smallest absolute Gasteiger partial charge is 0.243 e. The minimum Gasteiger partial charge on any atom is -0.352 e. The lowest BCUT2D eigenvalue weighted by molar-refractivity contribution is -0.141. The fourth-order valence-corrected chi connectivity index (χ4v) is 3.71. The molecule has 1 atom stereocenters. The van der Waals surface area contributed by atoms with Crippen LogP contribution in [0.2, 0.25) is 10.0 Å². The summed E-state index contributed by atoms with van der Waals surface area (Å²) in [6.45, 7) is 8.09. The van der Waals surface area contributed by atoms with E-state index in [0.717, 1.165) is 11.1 Å². The number of halogens is 2. The summed E-state index contributed by atoms with van der Waals surface area (Å²) in [4.78, 5) is 27.7. The summed E-state index contributed by atoms with van der Waals surface area (Å²) in [5.41, 5.74) is 2.78. The van der Waals surface area contributed by atoms with Crippen molar-refractivity contribution in [3.8, 4) is 0 Å². The van der Waals surface area contributed by atoms with Crippen molar-refractivity contribution < 1.29 is 9.59 Å². The Labute approximate surface area is 183 Å². The Morgan fingerprint density at radius 1 is 1.10 bits per heavy atom. The first kappa shape index (κ1) is 23.2. The summed E-state index contributed by atoms with van der Waals surface area (Å²) < 4.78 is 0. The van der Waals surface area contributed by atoms with E-state index in [1.165, 1.54) is 0 Å². The van der Waals surface area contributed by atoms with E-state index in [9.17, 15) is 9.59 Å². The molecule has 0 aliphatic rings. The third kappa shape index (κ3) is 6.76. The SMILES string of the molecule is CC[C@@H](C(=O)NC(C)C)N(Cc1cccc(C)c1)C(=O)Cc1ccc(Cl)cc1Cl. The molecular weight excluding hydrogens is 407 g/mol. The maximum absolute atomic E-state index is 13.3. The van der Waals surface area contributed by atoms with Crippen molar-refractivity contribution in [2.24, 2.45) is 0 Å². The quantitative estimate of drug-likeness (QED) is 0.622. The van der Waals surface area contributed by atoms with Gasteiger partial charge in [0.25, 0.3) is 0 Å². The van der Waals surface area contributed by atoms with Gasteiger partial charge in [-0.1, -0.05) is 66.0 Å². The number of rotatable bonds is 8. The Morgan fingerprint density at radius 2 is 1.83 bits per heavy atom. The highest BCUT2D eigenvalue weighted by Gasteiger charge is 2.29. The Bertz CT molecular complexity index is 868. The lowest BCUT2D eigenvalue weighted by Gasteiger charge is -2.31. The molecule has 29 heavy (non-hydrogen) atoms. The molecule has 0 aliphatic heterocycles. The molecule has 156 valence electrons. The van der Waals surface area contributed by atoms with Gasteiger partial charge in [0.05, 0.1) is 6.42 Å². The van der Waals surface area contributed by atoms with E-state index in [0.29, 0.717) is 28.6 Å². The number of benzene rings is 2. The van der Waals surface area contributed by atoms with Gasteiger partial charge in [-0.2, -0.15) is 0 Å². The van der Waals surface area contributed by atoms with Crippen molar-refractivity contribution in [2.75, 3.05) is 0 Å². The van der Waals surface area contributed by atoms with Gasteiger partial charge in [-0.05, 0) is 50.5 Å². The van der Waals surface area contributed by atoms with Crippen LogP contribution in [-0.4, -0.2) is 28.8 Å². The van der Waals surface area contributed by atoms with Gasteiger partial charge in [0.1, 0.15) is 6.04 Å². The lowest BCUT2D eigenvalue weighted by Crippen LogP contribution is -2.50. The zero-order valence-corrected chi connectivity index (χ0v) is 18.8. The third-order valence-electron chi connectivity index (χ3n) is 4.61. The summed E-state index contributed by atoms with van der Waals surface area (Å²) in [6, 6.07) is 12.5. The molecule has 0 fully saturated rings. The second-order valence-electron chi connectivity index (χ2n) is 7.51. The van der Waals surface area contributed by atoms with Gasteiger partial charge in [-0.3, -0.25) is 9.59 Å². The average Bonchev–Trinajstić information content (AvgIpc) is 2.63. The second kappa shape index (κ2) is 10.7. The van der Waals surface area contributed by atoms with Crippen molar-refractivity contribution in [3.05, 3.63) is 69.2 Å². The van der Waals surface area contributed by atoms with Crippen LogP contribution in [0.3, 0.4) is 0 Å². The summed E-state index contributed by atoms with van der Waals surface area (Å²) >= 11 is 12.2. The second-order valence-corrected chi connectivity index (χ2v) is 8.35. The molecule has 1 N–H and O–H groups in total. The van der Waals surface area contributed by atoms with Gasteiger partial charge in [0, 0.05) is 22.6 Å². The molecule has 2 aromatic carbocycles. The van der Waals surface area contributed by atoms with E-state index >= 15 is 0 Å². The number of aryl methyl sites for hydroxylation is 1. The van der Waals surface area contributed by atoms with E-state index in [4.69, 9.17) is 23.2 Å². The number of nitrogens with zero attached hydrogens (tertiary/aromatic N) is 1. The minimum absolute atomic E-state index is 0.00168. The maximum atomic E-state index is 13.3. The van der Waals surface area contributed by atoms with Crippen molar-refractivity contribution in [1.29, 1.82) is 0 Å². The van der Waals surface area contributed by atoms with Crippen LogP contribution < -0.4 is 5.32 Å². The van der Waals surface area contributed by atoms with E-state index in [-0.39, 0.29) is 24.3 Å². The molecule has 4 nitrogen and oxygen atoms in total. The minimum atomic E-state index is -0.559. The van der Waals surface area contributed by atoms with Crippen LogP contribution in [0, 0.1) is 6.92 Å². The molecule has 0 unspecified atom stereocenters. The largest absolute Gasteiger partial charge is 0.352 e. The van der Waals surface area contributed by atoms with Crippen LogP contribution in [0.25, 0.3) is 0 Å². The number of carbonyl (C=O) groups is 2. The van der Waals surface area contributed by atoms with Crippen LogP contribution >= 0.6 is 23.2 Å². The maximum Gasteiger partial charge on any atom is 0.243 e. The molecule has 6 heteroatoms. The topological polar surface area (TPSA) is 49.4 Å². The average molecular weight is 435 g/mol. The van der Waals surface area contributed by atoms with Crippen LogP contribution in [0.15, 0.2) is 42.5 Å². The molecule has 0 aliphatic carbocycles. The first-order valence-corrected chi connectivity index (χ1v) is 10.6. The molecule has 2 rings (SSSR count). The first-order chi connectivity index (χ1) is 13.7. The summed E-state index contributed by atoms with van der Waals surface area (Å²) in [5, 5.41) is 3.90. The van der Waals surface area contributed by atoms with Crippen LogP contribution in [0.1, 0.15) is 43.9 Å². The summed E-state index contributed by atoms with van der Waals surface area (Å²) in [5.74, 6) is -0.299. The van der Waals surface area contributed by atoms with Gasteiger partial charge < -0.3 is 10.2 Å². The molecule has 0 saturated carbocycles. The van der Waals surface area contributed by atoms with Gasteiger partial charge >= 0.3 is 0 Å². The van der Waals surface area contributed by atoms with Crippen molar-refractivity contribution in [2.45, 2.75) is 59.2 Å². The summed E-state index contributed by atoms with van der Waals surface area (Å²) in [6.07, 6.45) is 0.623. The van der Waals surface area contributed by atoms with E-state index in [1.54, 1.807) is 23.1 Å². The van der Waals surface area contributed by atoms with Gasteiger partial charge in [-0.15, -0.1) is 0 Å². The van der Waals surface area contributed by atoms with Crippen LogP contribution in [0.4, 0.5) is 0 Å². The highest BCUT2D eigenvalue weighted by atomic mass is 35.5. The predicted octanol–water partition coefficient (Wildman–Crippen LogP) is 5.18. The van der Waals surface area contributed by atoms with Gasteiger partial charge in [-0.25, -0.2) is 0 Å². The van der Waals surface area contributed by atoms with E-state index < -0.39 is 6.04 Å². The Hall–Kier alpha value is -2.04. The fraction of sp³-hybridized carbons (Fsp3) is 0.391. The van der Waals surface area contributed by atoms with Crippen LogP contribution in [0.5, 0.6) is 0 Å². The lowest BCUT2D eigenvalue weighted by atomic mass is 10.1. The molecular formula is C23H28Cl2N2O2. The Morgan fingerprint density at radius 3 is 2.41 bits per heavy atom. The van der Waals surface area contributed by atoms with E-state index in [1.807, 2.05) is 52.0 Å². The number of amides is 2. The highest BCUT2D eigenvalue weighted by Crippen LogP contribution is 2.23. The molecule has 0 aromatic heterocycles. The molecule has 0 saturated heterocycles. The van der Waals surface area contributed by atoms with Gasteiger partial charge in [0.2, 0.25) is 11.8 Å². The molecule has 0 spiro atoms. The normalized spacial score (nSPS) is 12.0. The number of hydrogen-bond donors (Lipinski definition) is 1. The van der Waals surface area contributed by atoms with Gasteiger partial charge in [0.15, 0.2) is 0 Å². The fourth-order valence-electron chi connectivity index (χ4n) is 3.24. The number of nitrogens with one attached hydrogen (secondary N) is 1. The number of carbonyl (C=O) groups excluding carboxylic acids is 2. The van der Waals surface area contributed by atoms with Crippen molar-refractivity contribution >= 4 is 35.0 Å². The zero-order chi connectivity index (χ0) is 21.6. The highest BCUT2D eigenvalue weighted by molar-refractivity contribution is 6.35. The van der Waals surface area contributed by atoms with Crippen LogP contribution in [-0.2, 0) is 22.6 Å². The molecule has 0 heterocycles. The number of hydrogen-bond acceptors (Lipinski definition) is 2. The Balaban J connectivity index is 2.33. The monoisotopic (exact) mass is 434 g/mol. The third-order valence-corrected chi connectivity index (χ3v) is 5.20. The van der Waals surface area contributed by atoms with E-state index in [2.05, 4.69) is 5.32 Å². The molecule has 2 amide bonds. The predicted molar refractivity (Wildman–Crippen MR) is 119 cm³/mol. The zero-order valence-electron chi connectivity index (χ0n) is 17.3. The Kier molecular flexibility index (Phi) is 8.54. The van der Waals surface area contributed by atoms with Crippen molar-refractivity contribution in [1.82, 2.24) is 10.2 Å². The molecule has 0 radical (unpaired) electrons. The first-order valence-electron chi connectivity index (χ1n) is 9.80. The standard InChI is InChI=1S/C23H28Cl2N2O2/c1-5-21(23(29)26-15(2)3)27(14-17-8-6-7-16(4)11-17)22(28)12-18-9-10-19(24)13-20(18)25/h6-11,13,15,21H,5,12,14H2,1-4H3,(H,26,29)/t21-/m0/s1. The molecule has 2 aromatic rings. The van der Waals surface area contributed by atoms with Crippen molar-refractivity contribution in [3.63, 3.8) is 0 Å². The molecule has 0 bridgehead atoms. The summed E-state index contributed by atoms with van der Waals surface area (Å²) in [7, 11) is 0.